The van der Waals surface area contributed by atoms with Gasteiger partial charge < -0.3 is 22.5 Å². The molecule has 0 amide bonds. The lowest BCUT2D eigenvalue weighted by molar-refractivity contribution is -0.00000511. The molecule has 0 bridgehead atoms. The van der Waals surface area contributed by atoms with Crippen molar-refractivity contribution < 1.29 is 17.1 Å². The molecule has 0 saturated carbocycles. The second kappa shape index (κ2) is 10.2. The zero-order valence-electron chi connectivity index (χ0n) is 13.7. The van der Waals surface area contributed by atoms with Crippen LogP contribution in [0.4, 0.5) is 0 Å². The van der Waals surface area contributed by atoms with E-state index in [2.05, 4.69) is 44.4 Å². The molecule has 1 heterocycles. The van der Waals surface area contributed by atoms with Crippen molar-refractivity contribution in [2.45, 2.75) is 19.7 Å². The Labute approximate surface area is 163 Å². The monoisotopic (exact) mass is 417 g/mol. The van der Waals surface area contributed by atoms with Crippen LogP contribution < -0.4 is 22.5 Å². The molecule has 5 heteroatoms. The maximum absolute atomic E-state index is 6.01. The van der Waals surface area contributed by atoms with Crippen LogP contribution in [-0.2, 0) is 19.7 Å². The number of nitrogens with zero attached hydrogens (tertiary/aromatic N) is 1. The summed E-state index contributed by atoms with van der Waals surface area (Å²) in [5.41, 5.74) is 3.51. The van der Waals surface area contributed by atoms with Crippen molar-refractivity contribution in [3.05, 3.63) is 94.2 Å². The Hall–Kier alpha value is -1.88. The molecule has 0 unspecified atom stereocenters. The van der Waals surface area contributed by atoms with Gasteiger partial charge in [-0.05, 0) is 41.5 Å². The van der Waals surface area contributed by atoms with Gasteiger partial charge in [0.2, 0.25) is 0 Å². The normalized spacial score (nSPS) is 10.1. The molecule has 3 aromatic rings. The zero-order chi connectivity index (χ0) is 16.6. The highest BCUT2D eigenvalue weighted by Crippen LogP contribution is 2.24. The first kappa shape index (κ1) is 19.4. The number of hydrogen-bond donors (Lipinski definition) is 1. The van der Waals surface area contributed by atoms with Gasteiger partial charge in [0.15, 0.2) is 0 Å². The third kappa shape index (κ3) is 6.16. The average molecular weight is 419 g/mol. The summed E-state index contributed by atoms with van der Waals surface area (Å²) in [6.07, 6.45) is 3.62. The summed E-state index contributed by atoms with van der Waals surface area (Å²) in [5, 5.41) is 3.46. The number of ether oxygens (including phenoxy) is 1. The van der Waals surface area contributed by atoms with E-state index in [1.54, 1.807) is 0 Å². The molecule has 3 nitrogen and oxygen atoms in total. The Morgan fingerprint density at radius 2 is 1.64 bits per heavy atom. The van der Waals surface area contributed by atoms with Gasteiger partial charge in [0, 0.05) is 35.5 Å². The van der Waals surface area contributed by atoms with Gasteiger partial charge in [0.25, 0.3) is 0 Å². The van der Waals surface area contributed by atoms with Crippen molar-refractivity contribution in [2.24, 2.45) is 0 Å². The van der Waals surface area contributed by atoms with E-state index in [1.165, 1.54) is 5.56 Å². The van der Waals surface area contributed by atoms with Gasteiger partial charge in [-0.15, -0.1) is 0 Å². The minimum atomic E-state index is 0. The third-order valence-corrected chi connectivity index (χ3v) is 4.15. The van der Waals surface area contributed by atoms with Crippen molar-refractivity contribution in [3.8, 4) is 5.75 Å². The SMILES string of the molecule is Brc1ccc(OCc2ccccc2)c(CNCc2ccncc2)c1.[Cl-]. The smallest absolute Gasteiger partial charge is 0.124 e. The number of benzene rings is 2. The maximum atomic E-state index is 6.01. The van der Waals surface area contributed by atoms with E-state index in [-0.39, 0.29) is 12.4 Å². The molecule has 0 atom stereocenters. The van der Waals surface area contributed by atoms with E-state index < -0.39 is 0 Å². The van der Waals surface area contributed by atoms with Crippen LogP contribution in [0.15, 0.2) is 77.5 Å². The first-order valence-corrected chi connectivity index (χ1v) is 8.65. The molecular weight excluding hydrogens is 400 g/mol. The molecule has 25 heavy (non-hydrogen) atoms. The molecule has 3 rings (SSSR count). The average Bonchev–Trinajstić information content (AvgIpc) is 2.63. The number of aromatic nitrogens is 1. The molecular formula is C20H19BrClN2O-. The molecule has 2 aromatic carbocycles. The number of hydrogen-bond acceptors (Lipinski definition) is 3. The molecule has 1 N–H and O–H groups in total. The summed E-state index contributed by atoms with van der Waals surface area (Å²) >= 11 is 3.54. The Morgan fingerprint density at radius 3 is 2.40 bits per heavy atom. The second-order valence-electron chi connectivity index (χ2n) is 5.49. The Bertz CT molecular complexity index is 769. The first-order valence-electron chi connectivity index (χ1n) is 7.86. The predicted molar refractivity (Wildman–Crippen MR) is 99.7 cm³/mol. The topological polar surface area (TPSA) is 34.1 Å². The Balaban J connectivity index is 0.00000225. The van der Waals surface area contributed by atoms with E-state index >= 15 is 0 Å². The van der Waals surface area contributed by atoms with Crippen LogP contribution in [0.3, 0.4) is 0 Å². The van der Waals surface area contributed by atoms with Crippen molar-refractivity contribution in [1.82, 2.24) is 10.3 Å². The van der Waals surface area contributed by atoms with E-state index in [0.29, 0.717) is 6.61 Å². The lowest BCUT2D eigenvalue weighted by Gasteiger charge is -2.13. The summed E-state index contributed by atoms with van der Waals surface area (Å²) in [6.45, 7) is 2.11. The predicted octanol–water partition coefficient (Wildman–Crippen LogP) is 1.72. The zero-order valence-corrected chi connectivity index (χ0v) is 16.0. The molecule has 0 spiro atoms. The summed E-state index contributed by atoms with van der Waals surface area (Å²) in [4.78, 5) is 4.04. The van der Waals surface area contributed by atoms with Gasteiger partial charge >= 0.3 is 0 Å². The first-order chi connectivity index (χ1) is 11.8. The van der Waals surface area contributed by atoms with Gasteiger partial charge in [-0.3, -0.25) is 4.98 Å². The molecule has 0 aliphatic heterocycles. The van der Waals surface area contributed by atoms with Crippen molar-refractivity contribution in [2.75, 3.05) is 0 Å². The Morgan fingerprint density at radius 1 is 0.880 bits per heavy atom. The number of nitrogens with one attached hydrogen (secondary N) is 1. The van der Waals surface area contributed by atoms with Crippen molar-refractivity contribution in [1.29, 1.82) is 0 Å². The minimum Gasteiger partial charge on any atom is -1.00 e. The molecule has 130 valence electrons. The van der Waals surface area contributed by atoms with Crippen LogP contribution in [0, 0.1) is 0 Å². The van der Waals surface area contributed by atoms with Gasteiger partial charge in [-0.1, -0.05) is 46.3 Å². The molecule has 0 saturated heterocycles. The summed E-state index contributed by atoms with van der Waals surface area (Å²) in [6, 6.07) is 20.3. The fourth-order valence-electron chi connectivity index (χ4n) is 2.40. The lowest BCUT2D eigenvalue weighted by Crippen LogP contribution is -3.00. The fraction of sp³-hybridized carbons (Fsp3) is 0.150. The molecule has 0 fully saturated rings. The lowest BCUT2D eigenvalue weighted by atomic mass is 10.2. The highest BCUT2D eigenvalue weighted by Gasteiger charge is 2.05. The van der Waals surface area contributed by atoms with Crippen LogP contribution in [0.2, 0.25) is 0 Å². The van der Waals surface area contributed by atoms with Gasteiger partial charge in [0.05, 0.1) is 0 Å². The van der Waals surface area contributed by atoms with Crippen LogP contribution in [0.1, 0.15) is 16.7 Å². The van der Waals surface area contributed by atoms with E-state index in [0.717, 1.165) is 34.4 Å². The highest BCUT2D eigenvalue weighted by molar-refractivity contribution is 9.10. The Kier molecular flexibility index (Phi) is 7.92. The second-order valence-corrected chi connectivity index (χ2v) is 6.40. The number of halogens is 2. The summed E-state index contributed by atoms with van der Waals surface area (Å²) in [5.74, 6) is 0.907. The highest BCUT2D eigenvalue weighted by atomic mass is 79.9. The van der Waals surface area contributed by atoms with Gasteiger partial charge in [-0.2, -0.15) is 0 Å². The fourth-order valence-corrected chi connectivity index (χ4v) is 2.81. The van der Waals surface area contributed by atoms with E-state index in [1.807, 2.05) is 54.9 Å². The number of pyridine rings is 1. The van der Waals surface area contributed by atoms with Crippen molar-refractivity contribution in [3.63, 3.8) is 0 Å². The van der Waals surface area contributed by atoms with E-state index in [4.69, 9.17) is 4.74 Å². The van der Waals surface area contributed by atoms with Crippen LogP contribution >= 0.6 is 15.9 Å². The van der Waals surface area contributed by atoms with E-state index in [9.17, 15) is 0 Å². The minimum absolute atomic E-state index is 0. The molecule has 0 aliphatic rings. The van der Waals surface area contributed by atoms with Gasteiger partial charge in [0.1, 0.15) is 12.4 Å². The summed E-state index contributed by atoms with van der Waals surface area (Å²) < 4.78 is 7.06. The van der Waals surface area contributed by atoms with Crippen LogP contribution in [-0.4, -0.2) is 4.98 Å². The van der Waals surface area contributed by atoms with Gasteiger partial charge in [-0.25, -0.2) is 0 Å². The number of rotatable bonds is 7. The quantitative estimate of drug-likeness (QED) is 0.634. The largest absolute Gasteiger partial charge is 1.00 e. The van der Waals surface area contributed by atoms with Crippen LogP contribution in [0.5, 0.6) is 5.75 Å². The maximum Gasteiger partial charge on any atom is 0.124 e. The molecule has 0 radical (unpaired) electrons. The standard InChI is InChI=1S/C20H19BrN2O.ClH/c21-19-6-7-20(24-15-17-4-2-1-3-5-17)18(12-19)14-23-13-16-8-10-22-11-9-16;/h1-12,23H,13-15H2;1H/p-1. The van der Waals surface area contributed by atoms with Crippen molar-refractivity contribution >= 4 is 15.9 Å². The third-order valence-electron chi connectivity index (χ3n) is 3.65. The molecule has 1 aromatic heterocycles. The van der Waals surface area contributed by atoms with Crippen LogP contribution in [0.25, 0.3) is 0 Å². The summed E-state index contributed by atoms with van der Waals surface area (Å²) in [7, 11) is 0. The molecule has 0 aliphatic carbocycles.